The van der Waals surface area contributed by atoms with E-state index in [1.807, 2.05) is 0 Å². The van der Waals surface area contributed by atoms with Crippen molar-refractivity contribution in [3.05, 3.63) is 41.5 Å². The Bertz CT molecular complexity index is 2160. The van der Waals surface area contributed by atoms with E-state index in [-0.39, 0.29) is 43.2 Å². The molecule has 3 saturated carbocycles. The monoisotopic (exact) mass is 1020 g/mol. The molecule has 0 aromatic heterocycles. The van der Waals surface area contributed by atoms with Crippen molar-refractivity contribution in [2.24, 2.45) is 46.3 Å². The van der Waals surface area contributed by atoms with E-state index in [9.17, 15) is 39.0 Å². The van der Waals surface area contributed by atoms with Crippen LogP contribution in [0, 0.1) is 46.3 Å². The third-order valence-electron chi connectivity index (χ3n) is 18.4. The van der Waals surface area contributed by atoms with Crippen molar-refractivity contribution in [3.8, 4) is 5.75 Å². The van der Waals surface area contributed by atoms with Crippen molar-refractivity contribution in [2.75, 3.05) is 19.6 Å². The molecule has 5 N–H and O–H groups in total. The van der Waals surface area contributed by atoms with Gasteiger partial charge in [0.15, 0.2) is 0 Å². The molecule has 0 radical (unpaired) electrons. The highest BCUT2D eigenvalue weighted by molar-refractivity contribution is 5.95. The summed E-state index contributed by atoms with van der Waals surface area (Å²) in [6, 6.07) is 2.25. The summed E-state index contributed by atoms with van der Waals surface area (Å²) in [4.78, 5) is 84.0. The van der Waals surface area contributed by atoms with Crippen LogP contribution >= 0.6 is 0 Å². The second-order valence-electron chi connectivity index (χ2n) is 24.8. The van der Waals surface area contributed by atoms with Gasteiger partial charge in [-0.15, -0.1) is 0 Å². The van der Waals surface area contributed by atoms with Crippen molar-refractivity contribution >= 4 is 35.9 Å². The number of amides is 5. The number of allylic oxidation sites excluding steroid dienone is 1. The molecule has 0 unspecified atom stereocenters. The lowest BCUT2D eigenvalue weighted by molar-refractivity contribution is -0.155. The summed E-state index contributed by atoms with van der Waals surface area (Å²) in [5.41, 5.74) is 1.82. The fraction of sp³-hybridized carbons (Fsp3) is 0.759. The van der Waals surface area contributed by atoms with Crippen LogP contribution in [-0.4, -0.2) is 111 Å². The van der Waals surface area contributed by atoms with Crippen molar-refractivity contribution in [3.63, 3.8) is 0 Å². The first-order valence-corrected chi connectivity index (χ1v) is 28.1. The van der Waals surface area contributed by atoms with Crippen LogP contribution in [0.25, 0.3) is 0 Å². The Morgan fingerprint density at radius 3 is 2.21 bits per heavy atom. The maximum atomic E-state index is 14.6. The molecule has 73 heavy (non-hydrogen) atoms. The molecule has 5 amide bonds. The van der Waals surface area contributed by atoms with Crippen LogP contribution in [0.4, 0.5) is 9.59 Å². The zero-order valence-corrected chi connectivity index (χ0v) is 45.3. The van der Waals surface area contributed by atoms with Gasteiger partial charge in [-0.05, 0) is 175 Å². The molecule has 0 spiro atoms. The molecule has 6 aliphatic rings. The largest absolute Gasteiger partial charge is 0.508 e. The Hall–Kier alpha value is -4.82. The normalized spacial score (nSPS) is 30.0. The zero-order chi connectivity index (χ0) is 52.8. The fourth-order valence-electron chi connectivity index (χ4n) is 14.6. The smallest absolute Gasteiger partial charge is 0.407 e. The van der Waals surface area contributed by atoms with Crippen LogP contribution in [0.2, 0.25) is 0 Å². The molecule has 2 saturated heterocycles. The number of likely N-dealkylation sites (tertiary alicyclic amines) is 2. The molecule has 0 bridgehead atoms. The van der Waals surface area contributed by atoms with E-state index < -0.39 is 65.6 Å². The molecule has 2 heterocycles. The number of phenols is 1. The van der Waals surface area contributed by atoms with Crippen LogP contribution in [0.3, 0.4) is 0 Å². The lowest BCUT2D eigenvalue weighted by Crippen LogP contribution is -2.57. The second kappa shape index (κ2) is 23.8. The van der Waals surface area contributed by atoms with Gasteiger partial charge in [-0.2, -0.15) is 0 Å². The van der Waals surface area contributed by atoms with Crippen molar-refractivity contribution in [2.45, 2.75) is 213 Å². The first-order valence-electron chi connectivity index (χ1n) is 28.1. The van der Waals surface area contributed by atoms with Gasteiger partial charge < -0.3 is 40.5 Å². The van der Waals surface area contributed by atoms with Crippen molar-refractivity contribution in [1.29, 1.82) is 0 Å². The Balaban J connectivity index is 1.04. The number of hydrogen-bond acceptors (Lipinski definition) is 9. The minimum Gasteiger partial charge on any atom is -0.508 e. The third kappa shape index (κ3) is 13.4. The van der Waals surface area contributed by atoms with E-state index in [4.69, 9.17) is 9.47 Å². The van der Waals surface area contributed by atoms with Crippen molar-refractivity contribution in [1.82, 2.24) is 25.8 Å². The summed E-state index contributed by atoms with van der Waals surface area (Å²) < 4.78 is 11.8. The predicted octanol–water partition coefficient (Wildman–Crippen LogP) is 9.69. The van der Waals surface area contributed by atoms with Gasteiger partial charge in [-0.25, -0.2) is 14.4 Å². The number of ether oxygens (including phenoxy) is 2. The van der Waals surface area contributed by atoms with E-state index in [0.29, 0.717) is 74.3 Å². The summed E-state index contributed by atoms with van der Waals surface area (Å²) >= 11 is 0. The number of aromatic hydroxyl groups is 1. The Kier molecular flexibility index (Phi) is 18.2. The molecular formula is C58H89N5O10. The number of carbonyl (C=O) groups excluding carboxylic acids is 5. The molecule has 406 valence electrons. The quantitative estimate of drug-likeness (QED) is 0.0504. The SMILES string of the molecule is CC(C)CCC[C@@H](C)[C@H]1CC[C@H]2[C@@H]3CC=C4C[C@@H](OC(=O)[C@H](CCCCNC(=O)OC(C)(C)C)NC(=O)[C@H](Cc5ccc(O)cc5)NC(=O)[C@@H]5CCCN5C(=O)[C@@H]5CCCN5C(=O)O)CC[C@]4(C)[C@H]3CC[C@]12C. The number of nitrogens with zero attached hydrogens (tertiary/aromatic N) is 2. The summed E-state index contributed by atoms with van der Waals surface area (Å²) in [7, 11) is 0. The van der Waals surface area contributed by atoms with E-state index in [0.717, 1.165) is 47.8 Å². The first-order chi connectivity index (χ1) is 34.6. The minimum absolute atomic E-state index is 0.0189. The van der Waals surface area contributed by atoms with Crippen LogP contribution in [0.5, 0.6) is 5.75 Å². The average molecular weight is 1020 g/mol. The van der Waals surface area contributed by atoms with Gasteiger partial charge in [-0.3, -0.25) is 19.3 Å². The number of alkyl carbamates (subject to hydrolysis) is 1. The minimum atomic E-state index is -1.18. The lowest BCUT2D eigenvalue weighted by atomic mass is 9.47. The van der Waals surface area contributed by atoms with Gasteiger partial charge >= 0.3 is 18.2 Å². The molecule has 12 atom stereocenters. The van der Waals surface area contributed by atoms with Crippen LogP contribution in [0.1, 0.15) is 177 Å². The van der Waals surface area contributed by atoms with E-state index in [2.05, 4.69) is 56.6 Å². The number of nitrogens with one attached hydrogen (secondary N) is 3. The predicted molar refractivity (Wildman–Crippen MR) is 279 cm³/mol. The van der Waals surface area contributed by atoms with Crippen LogP contribution in [0.15, 0.2) is 35.9 Å². The number of rotatable bonds is 19. The Morgan fingerprint density at radius 2 is 1.51 bits per heavy atom. The summed E-state index contributed by atoms with van der Waals surface area (Å²) in [6.45, 7) is 18.5. The van der Waals surface area contributed by atoms with Gasteiger partial charge in [-0.1, -0.05) is 77.7 Å². The van der Waals surface area contributed by atoms with Gasteiger partial charge in [0.25, 0.3) is 0 Å². The number of benzene rings is 1. The molecule has 15 heteroatoms. The van der Waals surface area contributed by atoms with Gasteiger partial charge in [0.05, 0.1) is 0 Å². The van der Waals surface area contributed by atoms with Gasteiger partial charge in [0, 0.05) is 32.5 Å². The molecule has 2 aliphatic heterocycles. The Morgan fingerprint density at radius 1 is 0.795 bits per heavy atom. The van der Waals surface area contributed by atoms with E-state index in [1.54, 1.807) is 32.9 Å². The molecule has 7 rings (SSSR count). The van der Waals surface area contributed by atoms with E-state index >= 15 is 0 Å². The third-order valence-corrected chi connectivity index (χ3v) is 18.4. The highest BCUT2D eigenvalue weighted by Gasteiger charge is 2.59. The average Bonchev–Trinajstić information content (AvgIpc) is 4.10. The number of fused-ring (bicyclic) bond motifs is 5. The fourth-order valence-corrected chi connectivity index (χ4v) is 14.6. The first kappa shape index (κ1) is 55.9. The number of carboxylic acid groups (broad SMARTS) is 1. The van der Waals surface area contributed by atoms with E-state index in [1.165, 1.54) is 67.6 Å². The number of hydrogen-bond donors (Lipinski definition) is 5. The Labute approximate surface area is 435 Å². The zero-order valence-electron chi connectivity index (χ0n) is 45.3. The van der Waals surface area contributed by atoms with Crippen molar-refractivity contribution < 1.29 is 48.5 Å². The molecule has 1 aromatic rings. The molecular weight excluding hydrogens is 927 g/mol. The maximum Gasteiger partial charge on any atom is 0.407 e. The molecule has 1 aromatic carbocycles. The highest BCUT2D eigenvalue weighted by Crippen LogP contribution is 2.67. The summed E-state index contributed by atoms with van der Waals surface area (Å²) in [5.74, 6) is 2.21. The topological polar surface area (TPSA) is 204 Å². The highest BCUT2D eigenvalue weighted by atomic mass is 16.6. The summed E-state index contributed by atoms with van der Waals surface area (Å²) in [6.07, 6.45) is 15.9. The molecule has 5 fully saturated rings. The lowest BCUT2D eigenvalue weighted by Gasteiger charge is -2.58. The number of carbonyl (C=O) groups is 6. The molecule has 15 nitrogen and oxygen atoms in total. The standard InChI is InChI=1S/C58H89N5O10/c1-36(2)14-11-15-37(3)43-25-26-44-42-24-21-39-35-41(27-29-57(39,7)45(42)28-30-58(43,44)8)72-53(68)46(16-9-10-31-59-54(69)73-56(4,5)6)60-50(65)47(34-38-19-22-40(64)23-20-38)61-51(66)48-17-12-32-62(48)52(67)49-18-13-33-63(49)55(70)71/h19-23,36-37,41-49,64H,9-18,24-35H2,1-8H3,(H,59,69)(H,60,65)(H,61,66)(H,70,71)/t37-,41+,42+,43-,44+,45+,46+,47+,48+,49+,57+,58-/m1/s1. The second-order valence-corrected chi connectivity index (χ2v) is 24.8. The van der Waals surface area contributed by atoms with Gasteiger partial charge in [0.1, 0.15) is 41.6 Å². The maximum absolute atomic E-state index is 14.6. The van der Waals surface area contributed by atoms with Gasteiger partial charge in [0.2, 0.25) is 17.7 Å². The van der Waals surface area contributed by atoms with Crippen LogP contribution in [-0.2, 0) is 35.1 Å². The summed E-state index contributed by atoms with van der Waals surface area (Å²) in [5, 5.41) is 28.4. The van der Waals surface area contributed by atoms with Crippen LogP contribution < -0.4 is 16.0 Å². The number of esters is 1. The molecule has 4 aliphatic carbocycles. The number of unbranched alkanes of at least 4 members (excludes halogenated alkanes) is 1. The number of phenolic OH excluding ortho intramolecular Hbond substituents is 1.